The molecule has 2 aromatic rings. The van der Waals surface area contributed by atoms with Gasteiger partial charge >= 0.3 is 0 Å². The van der Waals surface area contributed by atoms with Gasteiger partial charge in [0.25, 0.3) is 5.91 Å². The number of ether oxygens (including phenoxy) is 2. The van der Waals surface area contributed by atoms with Gasteiger partial charge in [-0.15, -0.1) is 0 Å². The molecule has 1 aromatic heterocycles. The molecule has 0 bridgehead atoms. The summed E-state index contributed by atoms with van der Waals surface area (Å²) >= 11 is 0. The Kier molecular flexibility index (Phi) is 7.28. The van der Waals surface area contributed by atoms with Crippen molar-refractivity contribution in [1.29, 1.82) is 5.26 Å². The van der Waals surface area contributed by atoms with Gasteiger partial charge in [0, 0.05) is 55.7 Å². The average molecular weight is 476 g/mol. The Bertz CT molecular complexity index is 1120. The minimum atomic E-state index is -0.342. The van der Waals surface area contributed by atoms with Crippen LogP contribution in [0.25, 0.3) is 5.57 Å². The second kappa shape index (κ2) is 10.7. The van der Waals surface area contributed by atoms with Gasteiger partial charge in [-0.05, 0) is 61.8 Å². The van der Waals surface area contributed by atoms with Crippen LogP contribution in [0.2, 0.25) is 0 Å². The lowest BCUT2D eigenvalue weighted by Gasteiger charge is -2.43. The molecule has 8 heteroatoms. The summed E-state index contributed by atoms with van der Waals surface area (Å²) in [5, 5.41) is 12.1. The van der Waals surface area contributed by atoms with Crippen LogP contribution in [-0.4, -0.2) is 66.8 Å². The smallest absolute Gasteiger partial charge is 0.291 e. The van der Waals surface area contributed by atoms with Crippen molar-refractivity contribution < 1.29 is 14.3 Å². The van der Waals surface area contributed by atoms with E-state index in [1.807, 2.05) is 12.1 Å². The molecule has 35 heavy (non-hydrogen) atoms. The Morgan fingerprint density at radius 2 is 1.97 bits per heavy atom. The molecular formula is C27H33N5O3. The van der Waals surface area contributed by atoms with E-state index in [2.05, 4.69) is 38.4 Å². The summed E-state index contributed by atoms with van der Waals surface area (Å²) in [7, 11) is 0. The van der Waals surface area contributed by atoms with Gasteiger partial charge in [0.1, 0.15) is 6.07 Å². The zero-order chi connectivity index (χ0) is 24.1. The Morgan fingerprint density at radius 3 is 2.69 bits per heavy atom. The zero-order valence-electron chi connectivity index (χ0n) is 20.1. The van der Waals surface area contributed by atoms with E-state index in [9.17, 15) is 4.79 Å². The highest BCUT2D eigenvalue weighted by atomic mass is 16.5. The standard InChI is InChI=1S/C27H33N5O3/c28-17-22-18-29-25(30-22)26(33)31-24-7-6-21(16-23(24)20-4-2-1-3-5-20)27(8-12-34-13-9-27)19-32-10-14-35-15-11-32/h4,6-7,16,18H,1-3,5,8-15,19H2,(H,29,30)(H,31,33). The first-order valence-electron chi connectivity index (χ1n) is 12.7. The number of aromatic amines is 1. The number of allylic oxidation sites excluding steroid dienone is 2. The van der Waals surface area contributed by atoms with Crippen LogP contribution in [0.5, 0.6) is 0 Å². The second-order valence-corrected chi connectivity index (χ2v) is 9.72. The van der Waals surface area contributed by atoms with E-state index in [-0.39, 0.29) is 22.8 Å². The third-order valence-corrected chi connectivity index (χ3v) is 7.50. The van der Waals surface area contributed by atoms with Crippen LogP contribution in [0, 0.1) is 11.3 Å². The summed E-state index contributed by atoms with van der Waals surface area (Å²) in [6.07, 6.45) is 10.2. The van der Waals surface area contributed by atoms with Gasteiger partial charge in [-0.1, -0.05) is 12.1 Å². The number of nitrogens with one attached hydrogen (secondary N) is 2. The summed E-state index contributed by atoms with van der Waals surface area (Å²) in [6, 6.07) is 8.49. The Balaban J connectivity index is 1.48. The number of imidazole rings is 1. The van der Waals surface area contributed by atoms with E-state index < -0.39 is 0 Å². The van der Waals surface area contributed by atoms with Gasteiger partial charge in [-0.25, -0.2) is 4.98 Å². The molecule has 2 saturated heterocycles. The van der Waals surface area contributed by atoms with Crippen molar-refractivity contribution in [2.45, 2.75) is 43.9 Å². The normalized spacial score (nSPS) is 20.6. The predicted molar refractivity (Wildman–Crippen MR) is 133 cm³/mol. The Hall–Kier alpha value is -2.99. The first-order valence-corrected chi connectivity index (χ1v) is 12.7. The molecule has 1 aromatic carbocycles. The lowest BCUT2D eigenvalue weighted by Crippen LogP contribution is -2.48. The highest BCUT2D eigenvalue weighted by Crippen LogP contribution is 2.40. The summed E-state index contributed by atoms with van der Waals surface area (Å²) in [5.74, 6) is -0.201. The molecule has 2 fully saturated rings. The number of carbonyl (C=O) groups is 1. The fourth-order valence-corrected chi connectivity index (χ4v) is 5.50. The van der Waals surface area contributed by atoms with Crippen molar-refractivity contribution in [2.75, 3.05) is 51.4 Å². The molecule has 2 N–H and O–H groups in total. The number of benzene rings is 1. The largest absolute Gasteiger partial charge is 0.381 e. The van der Waals surface area contributed by atoms with Gasteiger partial charge in [-0.3, -0.25) is 9.69 Å². The van der Waals surface area contributed by atoms with Crippen LogP contribution in [0.15, 0.2) is 30.5 Å². The van der Waals surface area contributed by atoms with Crippen molar-refractivity contribution in [3.63, 3.8) is 0 Å². The maximum Gasteiger partial charge on any atom is 0.291 e. The van der Waals surface area contributed by atoms with Crippen LogP contribution in [0.4, 0.5) is 5.69 Å². The molecular weight excluding hydrogens is 442 g/mol. The quantitative estimate of drug-likeness (QED) is 0.657. The number of carbonyl (C=O) groups excluding carboxylic acids is 1. The molecule has 0 saturated carbocycles. The SMILES string of the molecule is N#Cc1c[nH]c(C(=O)Nc2ccc(C3(CN4CCOCC4)CCOCC3)cc2C2=CCCCC2)n1. The average Bonchev–Trinajstić information content (AvgIpc) is 3.40. The van der Waals surface area contributed by atoms with Crippen LogP contribution >= 0.6 is 0 Å². The number of H-pyrrole nitrogens is 1. The number of nitrogens with zero attached hydrogens (tertiary/aromatic N) is 3. The van der Waals surface area contributed by atoms with Crippen LogP contribution in [0.3, 0.4) is 0 Å². The molecule has 0 unspecified atom stereocenters. The maximum absolute atomic E-state index is 12.9. The second-order valence-electron chi connectivity index (χ2n) is 9.72. The van der Waals surface area contributed by atoms with Gasteiger partial charge in [0.05, 0.1) is 13.2 Å². The molecule has 3 aliphatic rings. The minimum absolute atomic E-state index is 0.0187. The number of hydrogen-bond acceptors (Lipinski definition) is 6. The van der Waals surface area contributed by atoms with Crippen molar-refractivity contribution in [3.05, 3.63) is 53.1 Å². The van der Waals surface area contributed by atoms with Crippen molar-refractivity contribution in [3.8, 4) is 6.07 Å². The van der Waals surface area contributed by atoms with E-state index in [1.54, 1.807) is 0 Å². The number of morpholine rings is 1. The Morgan fingerprint density at radius 1 is 1.17 bits per heavy atom. The molecule has 1 aliphatic carbocycles. The van der Waals surface area contributed by atoms with Crippen LogP contribution in [-0.2, 0) is 14.9 Å². The van der Waals surface area contributed by atoms with E-state index >= 15 is 0 Å². The number of amides is 1. The van der Waals surface area contributed by atoms with E-state index in [4.69, 9.17) is 14.7 Å². The van der Waals surface area contributed by atoms with E-state index in [1.165, 1.54) is 23.8 Å². The fourth-order valence-electron chi connectivity index (χ4n) is 5.50. The third-order valence-electron chi connectivity index (χ3n) is 7.50. The molecule has 0 atom stereocenters. The highest BCUT2D eigenvalue weighted by molar-refractivity contribution is 6.03. The molecule has 184 valence electrons. The number of hydrogen-bond donors (Lipinski definition) is 2. The first-order chi connectivity index (χ1) is 17.2. The van der Waals surface area contributed by atoms with E-state index in [0.29, 0.717) is 0 Å². The van der Waals surface area contributed by atoms with Crippen molar-refractivity contribution in [2.24, 2.45) is 0 Å². The topological polar surface area (TPSA) is 103 Å². The molecule has 5 rings (SSSR count). The lowest BCUT2D eigenvalue weighted by atomic mass is 9.72. The van der Waals surface area contributed by atoms with Crippen molar-refractivity contribution >= 4 is 17.2 Å². The maximum atomic E-state index is 12.9. The summed E-state index contributed by atoms with van der Waals surface area (Å²) in [4.78, 5) is 22.3. The number of aromatic nitrogens is 2. The van der Waals surface area contributed by atoms with Crippen LogP contribution in [0.1, 0.15) is 66.0 Å². The summed E-state index contributed by atoms with van der Waals surface area (Å²) in [5.41, 5.74) is 4.71. The highest BCUT2D eigenvalue weighted by Gasteiger charge is 2.37. The van der Waals surface area contributed by atoms with Gasteiger partial charge in [0.2, 0.25) is 0 Å². The monoisotopic (exact) mass is 475 g/mol. The molecule has 8 nitrogen and oxygen atoms in total. The van der Waals surface area contributed by atoms with Crippen LogP contribution < -0.4 is 5.32 Å². The van der Waals surface area contributed by atoms with Gasteiger partial charge < -0.3 is 19.8 Å². The number of rotatable bonds is 6. The van der Waals surface area contributed by atoms with Gasteiger partial charge in [-0.2, -0.15) is 5.26 Å². The number of nitriles is 1. The van der Waals surface area contributed by atoms with Gasteiger partial charge in [0.15, 0.2) is 11.5 Å². The fraction of sp³-hybridized carbons (Fsp3) is 0.519. The Labute approximate surface area is 206 Å². The minimum Gasteiger partial charge on any atom is -0.381 e. The van der Waals surface area contributed by atoms with Crippen molar-refractivity contribution in [1.82, 2.24) is 14.9 Å². The molecule has 3 heterocycles. The first kappa shape index (κ1) is 23.7. The summed E-state index contributed by atoms with van der Waals surface area (Å²) in [6.45, 7) is 6.02. The third kappa shape index (κ3) is 5.32. The number of anilines is 1. The molecule has 0 radical (unpaired) electrons. The summed E-state index contributed by atoms with van der Waals surface area (Å²) < 4.78 is 11.4. The van der Waals surface area contributed by atoms with E-state index in [0.717, 1.165) is 89.4 Å². The molecule has 0 spiro atoms. The lowest BCUT2D eigenvalue weighted by molar-refractivity contribution is -0.00119. The molecule has 2 aliphatic heterocycles. The molecule has 1 amide bonds. The zero-order valence-corrected chi connectivity index (χ0v) is 20.1. The predicted octanol–water partition coefficient (Wildman–Crippen LogP) is 3.87.